The lowest BCUT2D eigenvalue weighted by molar-refractivity contribution is 0.0993. The molecule has 0 N–H and O–H groups in total. The number of halogens is 1. The molecule has 0 unspecified atom stereocenters. The first kappa shape index (κ1) is 11.7. The van der Waals surface area contributed by atoms with Gasteiger partial charge in [-0.15, -0.1) is 11.3 Å². The normalized spacial score (nSPS) is 10.2. The van der Waals surface area contributed by atoms with Gasteiger partial charge in [0.05, 0.1) is 12.6 Å². The maximum Gasteiger partial charge on any atom is 0.168 e. The number of thiazole rings is 1. The number of benzene rings is 1. The van der Waals surface area contributed by atoms with Crippen LogP contribution in [0.3, 0.4) is 0 Å². The van der Waals surface area contributed by atoms with Crippen molar-refractivity contribution in [2.45, 2.75) is 6.42 Å². The molecule has 0 fully saturated rings. The summed E-state index contributed by atoms with van der Waals surface area (Å²) >= 11 is 1.41. The van der Waals surface area contributed by atoms with Crippen molar-refractivity contribution in [3.05, 3.63) is 46.2 Å². The average Bonchev–Trinajstić information content (AvgIpc) is 2.81. The summed E-state index contributed by atoms with van der Waals surface area (Å²) < 4.78 is 18.2. The predicted molar refractivity (Wildman–Crippen MR) is 63.1 cm³/mol. The molecular formula is C12H10FNO2S. The predicted octanol–water partition coefficient (Wildman–Crippen LogP) is 2.72. The summed E-state index contributed by atoms with van der Waals surface area (Å²) in [4.78, 5) is 16.6. The molecule has 3 nitrogen and oxygen atoms in total. The van der Waals surface area contributed by atoms with Crippen molar-refractivity contribution < 1.29 is 13.9 Å². The first-order chi connectivity index (χ1) is 8.20. The smallest absolute Gasteiger partial charge is 0.168 e. The molecule has 0 spiro atoms. The molecule has 88 valence electrons. The van der Waals surface area contributed by atoms with Gasteiger partial charge >= 0.3 is 0 Å². The number of rotatable bonds is 4. The van der Waals surface area contributed by atoms with E-state index in [-0.39, 0.29) is 18.0 Å². The Balaban J connectivity index is 2.17. The fourth-order valence-electron chi connectivity index (χ4n) is 1.43. The number of ether oxygens (including phenoxy) is 1. The zero-order valence-corrected chi connectivity index (χ0v) is 9.96. The van der Waals surface area contributed by atoms with Crippen LogP contribution in [0, 0.1) is 5.82 Å². The number of hydrogen-bond acceptors (Lipinski definition) is 4. The van der Waals surface area contributed by atoms with Crippen molar-refractivity contribution in [2.75, 3.05) is 7.11 Å². The molecule has 5 heteroatoms. The van der Waals surface area contributed by atoms with Crippen molar-refractivity contribution in [3.8, 4) is 5.75 Å². The molecule has 0 atom stereocenters. The molecule has 0 aliphatic rings. The molecular weight excluding hydrogens is 241 g/mol. The largest absolute Gasteiger partial charge is 0.494 e. The van der Waals surface area contributed by atoms with E-state index in [1.54, 1.807) is 17.8 Å². The van der Waals surface area contributed by atoms with Gasteiger partial charge in [-0.05, 0) is 18.2 Å². The minimum absolute atomic E-state index is 0.129. The monoisotopic (exact) mass is 251 g/mol. The van der Waals surface area contributed by atoms with Crippen LogP contribution in [0.2, 0.25) is 0 Å². The number of aromatic nitrogens is 1. The third-order valence-electron chi connectivity index (χ3n) is 2.29. The van der Waals surface area contributed by atoms with Crippen LogP contribution in [0.15, 0.2) is 29.9 Å². The van der Waals surface area contributed by atoms with Gasteiger partial charge in [0.15, 0.2) is 17.3 Å². The minimum Gasteiger partial charge on any atom is -0.494 e. The summed E-state index contributed by atoms with van der Waals surface area (Å²) in [6.45, 7) is 0. The van der Waals surface area contributed by atoms with Crippen LogP contribution in [0.5, 0.6) is 5.75 Å². The molecule has 1 aromatic carbocycles. The first-order valence-corrected chi connectivity index (χ1v) is 5.83. The molecule has 0 saturated heterocycles. The number of hydrogen-bond donors (Lipinski definition) is 0. The number of carbonyl (C=O) groups is 1. The zero-order chi connectivity index (χ0) is 12.3. The van der Waals surface area contributed by atoms with E-state index in [9.17, 15) is 9.18 Å². The Labute approximate surface area is 102 Å². The second-order valence-electron chi connectivity index (χ2n) is 3.42. The van der Waals surface area contributed by atoms with Crippen LogP contribution in [0.4, 0.5) is 4.39 Å². The van der Waals surface area contributed by atoms with E-state index >= 15 is 0 Å². The van der Waals surface area contributed by atoms with E-state index < -0.39 is 5.82 Å². The van der Waals surface area contributed by atoms with Gasteiger partial charge in [0.2, 0.25) is 0 Å². The maximum absolute atomic E-state index is 13.4. The summed E-state index contributed by atoms with van der Waals surface area (Å²) in [5.74, 6) is -0.516. The third-order valence-corrected chi connectivity index (χ3v) is 3.07. The molecule has 0 saturated carbocycles. The second kappa shape index (κ2) is 5.05. The highest BCUT2D eigenvalue weighted by Crippen LogP contribution is 2.19. The Morgan fingerprint density at radius 2 is 2.35 bits per heavy atom. The van der Waals surface area contributed by atoms with Crippen molar-refractivity contribution in [1.82, 2.24) is 4.98 Å². The Morgan fingerprint density at radius 1 is 1.53 bits per heavy atom. The first-order valence-electron chi connectivity index (χ1n) is 4.95. The highest BCUT2D eigenvalue weighted by molar-refractivity contribution is 7.09. The van der Waals surface area contributed by atoms with Crippen LogP contribution >= 0.6 is 11.3 Å². The summed E-state index contributed by atoms with van der Waals surface area (Å²) in [7, 11) is 1.39. The highest BCUT2D eigenvalue weighted by atomic mass is 32.1. The van der Waals surface area contributed by atoms with Crippen LogP contribution in [-0.2, 0) is 6.42 Å². The van der Waals surface area contributed by atoms with Gasteiger partial charge < -0.3 is 4.74 Å². The van der Waals surface area contributed by atoms with Crippen molar-refractivity contribution in [3.63, 3.8) is 0 Å². The molecule has 0 radical (unpaired) electrons. The molecule has 0 bridgehead atoms. The fourth-order valence-corrected chi connectivity index (χ4v) is 2.02. The lowest BCUT2D eigenvalue weighted by Crippen LogP contribution is -2.03. The molecule has 0 aliphatic carbocycles. The number of Topliss-reactive ketones (excluding diaryl/α,β-unsaturated/α-hetero) is 1. The lowest BCUT2D eigenvalue weighted by Gasteiger charge is -2.03. The van der Waals surface area contributed by atoms with E-state index in [0.717, 1.165) is 4.88 Å². The quantitative estimate of drug-likeness (QED) is 0.784. The van der Waals surface area contributed by atoms with Gasteiger partial charge in [0, 0.05) is 23.1 Å². The molecule has 2 rings (SSSR count). The summed E-state index contributed by atoms with van der Waals surface area (Å²) in [5, 5.41) is 0. The van der Waals surface area contributed by atoms with Crippen LogP contribution in [0.1, 0.15) is 15.2 Å². The van der Waals surface area contributed by atoms with Crippen LogP contribution in [0.25, 0.3) is 0 Å². The molecule has 17 heavy (non-hydrogen) atoms. The third kappa shape index (κ3) is 2.68. The van der Waals surface area contributed by atoms with Crippen LogP contribution in [-0.4, -0.2) is 17.9 Å². The van der Waals surface area contributed by atoms with Gasteiger partial charge in [0.1, 0.15) is 0 Å². The second-order valence-corrected chi connectivity index (χ2v) is 4.39. The van der Waals surface area contributed by atoms with Gasteiger partial charge in [-0.1, -0.05) is 0 Å². The molecule has 1 aromatic heterocycles. The maximum atomic E-state index is 13.4. The molecule has 0 aliphatic heterocycles. The van der Waals surface area contributed by atoms with Crippen molar-refractivity contribution >= 4 is 17.1 Å². The number of carbonyl (C=O) groups excluding carboxylic acids is 1. The van der Waals surface area contributed by atoms with Gasteiger partial charge in [-0.25, -0.2) is 4.39 Å². The van der Waals surface area contributed by atoms with E-state index in [0.29, 0.717) is 5.56 Å². The number of ketones is 1. The Bertz CT molecular complexity index is 525. The Hall–Kier alpha value is -1.75. The number of methoxy groups -OCH3 is 1. The molecule has 1 heterocycles. The summed E-state index contributed by atoms with van der Waals surface area (Å²) in [6, 6.07) is 4.21. The SMILES string of the molecule is COc1ccc(C(=O)Cc2cncs2)cc1F. The Morgan fingerprint density at radius 3 is 2.94 bits per heavy atom. The number of nitrogens with zero attached hydrogens (tertiary/aromatic N) is 1. The standard InChI is InChI=1S/C12H10FNO2S/c1-16-12-3-2-8(4-10(12)13)11(15)5-9-6-14-7-17-9/h2-4,6-7H,5H2,1H3. The van der Waals surface area contributed by atoms with Crippen molar-refractivity contribution in [2.24, 2.45) is 0 Å². The summed E-state index contributed by atoms with van der Waals surface area (Å²) in [6.07, 6.45) is 1.89. The van der Waals surface area contributed by atoms with E-state index in [1.165, 1.54) is 30.6 Å². The van der Waals surface area contributed by atoms with E-state index in [2.05, 4.69) is 4.98 Å². The van der Waals surface area contributed by atoms with E-state index in [4.69, 9.17) is 4.74 Å². The fraction of sp³-hybridized carbons (Fsp3) is 0.167. The minimum atomic E-state index is -0.525. The van der Waals surface area contributed by atoms with E-state index in [1.807, 2.05) is 0 Å². The average molecular weight is 251 g/mol. The van der Waals surface area contributed by atoms with Crippen molar-refractivity contribution in [1.29, 1.82) is 0 Å². The van der Waals surface area contributed by atoms with Gasteiger partial charge in [-0.3, -0.25) is 9.78 Å². The van der Waals surface area contributed by atoms with Gasteiger partial charge in [-0.2, -0.15) is 0 Å². The van der Waals surface area contributed by atoms with Gasteiger partial charge in [0.25, 0.3) is 0 Å². The zero-order valence-electron chi connectivity index (χ0n) is 9.14. The van der Waals surface area contributed by atoms with Crippen LogP contribution < -0.4 is 4.74 Å². The molecule has 0 amide bonds. The Kier molecular flexibility index (Phi) is 3.49. The molecule has 2 aromatic rings. The topological polar surface area (TPSA) is 39.2 Å². The lowest BCUT2D eigenvalue weighted by atomic mass is 10.1. The summed E-state index contributed by atoms with van der Waals surface area (Å²) in [5.41, 5.74) is 2.01. The highest BCUT2D eigenvalue weighted by Gasteiger charge is 2.11.